The third-order valence-corrected chi connectivity index (χ3v) is 1.50. The Morgan fingerprint density at radius 1 is 1.71 bits per heavy atom. The molecule has 0 radical (unpaired) electrons. The fourth-order valence-electron chi connectivity index (χ4n) is 0.951. The van der Waals surface area contributed by atoms with Crippen LogP contribution in [-0.2, 0) is 4.79 Å². The Morgan fingerprint density at radius 3 is 3.00 bits per heavy atom. The first-order valence-electron chi connectivity index (χ1n) is 4.11. The number of carboxylic acids is 1. The molecule has 6 heteroatoms. The zero-order valence-electron chi connectivity index (χ0n) is 7.70. The van der Waals surface area contributed by atoms with Crippen LogP contribution in [0.4, 0.5) is 5.95 Å². The predicted octanol–water partition coefficient (Wildman–Crippen LogP) is -0.0351. The van der Waals surface area contributed by atoms with Crippen LogP contribution in [0.1, 0.15) is 12.1 Å². The molecule has 0 aliphatic carbocycles. The van der Waals surface area contributed by atoms with E-state index in [9.17, 15) is 9.59 Å². The molecule has 0 spiro atoms. The number of nitrogens with zero attached hydrogens (tertiary/aromatic N) is 1. The van der Waals surface area contributed by atoms with Crippen molar-refractivity contribution in [3.63, 3.8) is 0 Å². The van der Waals surface area contributed by atoms with E-state index in [2.05, 4.69) is 15.3 Å². The lowest BCUT2D eigenvalue weighted by atomic mass is 10.4. The Morgan fingerprint density at radius 2 is 2.43 bits per heavy atom. The summed E-state index contributed by atoms with van der Waals surface area (Å²) >= 11 is 0. The van der Waals surface area contributed by atoms with Crippen molar-refractivity contribution in [3.8, 4) is 0 Å². The summed E-state index contributed by atoms with van der Waals surface area (Å²) in [5.41, 5.74) is 0.335. The van der Waals surface area contributed by atoms with Gasteiger partial charge < -0.3 is 10.4 Å². The lowest BCUT2D eigenvalue weighted by Crippen LogP contribution is -2.15. The van der Waals surface area contributed by atoms with E-state index in [0.29, 0.717) is 11.6 Å². The van der Waals surface area contributed by atoms with Gasteiger partial charge in [0.2, 0.25) is 5.95 Å². The average molecular weight is 197 g/mol. The quantitative estimate of drug-likeness (QED) is 0.629. The van der Waals surface area contributed by atoms with Crippen LogP contribution in [0.25, 0.3) is 0 Å². The van der Waals surface area contributed by atoms with Crippen molar-refractivity contribution >= 4 is 11.9 Å². The number of aliphatic carboxylic acids is 1. The summed E-state index contributed by atoms with van der Waals surface area (Å²) in [4.78, 5) is 27.6. The van der Waals surface area contributed by atoms with Gasteiger partial charge in [0, 0.05) is 18.3 Å². The van der Waals surface area contributed by atoms with Crippen molar-refractivity contribution in [2.24, 2.45) is 0 Å². The highest BCUT2D eigenvalue weighted by atomic mass is 16.4. The normalized spacial score (nSPS) is 9.79. The number of aryl methyl sites for hydroxylation is 1. The summed E-state index contributed by atoms with van der Waals surface area (Å²) in [6, 6.07) is 1.36. The number of rotatable bonds is 4. The molecule has 1 aromatic heterocycles. The van der Waals surface area contributed by atoms with Crippen LogP contribution < -0.4 is 10.9 Å². The summed E-state index contributed by atoms with van der Waals surface area (Å²) in [5.74, 6) is -0.594. The number of anilines is 1. The Labute approximate surface area is 80.0 Å². The van der Waals surface area contributed by atoms with Gasteiger partial charge in [-0.1, -0.05) is 0 Å². The zero-order valence-corrected chi connectivity index (χ0v) is 7.70. The molecule has 0 amide bonds. The van der Waals surface area contributed by atoms with Crippen molar-refractivity contribution in [3.05, 3.63) is 22.1 Å². The minimum Gasteiger partial charge on any atom is -0.481 e. The first-order valence-corrected chi connectivity index (χ1v) is 4.11. The summed E-state index contributed by atoms with van der Waals surface area (Å²) in [6.07, 6.45) is -0.0162. The maximum absolute atomic E-state index is 11.0. The number of carbonyl (C=O) groups is 1. The van der Waals surface area contributed by atoms with Gasteiger partial charge >= 0.3 is 5.97 Å². The average Bonchev–Trinajstić information content (AvgIpc) is 2.01. The molecule has 0 fully saturated rings. The van der Waals surface area contributed by atoms with E-state index in [-0.39, 0.29) is 18.5 Å². The smallest absolute Gasteiger partial charge is 0.305 e. The van der Waals surface area contributed by atoms with Crippen LogP contribution >= 0.6 is 0 Å². The van der Waals surface area contributed by atoms with Crippen molar-refractivity contribution in [2.45, 2.75) is 13.3 Å². The monoisotopic (exact) mass is 197 g/mol. The molecule has 76 valence electrons. The van der Waals surface area contributed by atoms with Crippen molar-refractivity contribution in [1.82, 2.24) is 9.97 Å². The first-order chi connectivity index (χ1) is 6.58. The highest BCUT2D eigenvalue weighted by Crippen LogP contribution is 1.95. The predicted molar refractivity (Wildman–Crippen MR) is 50.3 cm³/mol. The Bertz CT molecular complexity index is 386. The lowest BCUT2D eigenvalue weighted by molar-refractivity contribution is -0.136. The van der Waals surface area contributed by atoms with Crippen LogP contribution in [0.15, 0.2) is 10.9 Å². The highest BCUT2D eigenvalue weighted by molar-refractivity contribution is 5.67. The van der Waals surface area contributed by atoms with Crippen LogP contribution in [0.2, 0.25) is 0 Å². The van der Waals surface area contributed by atoms with Gasteiger partial charge in [-0.2, -0.15) is 0 Å². The molecule has 0 saturated heterocycles. The van der Waals surface area contributed by atoms with Gasteiger partial charge in [-0.3, -0.25) is 14.6 Å². The SMILES string of the molecule is Cc1cc(=O)[nH]c(NCCC(=O)O)n1. The van der Waals surface area contributed by atoms with Gasteiger partial charge in [0.25, 0.3) is 5.56 Å². The molecule has 3 N–H and O–H groups in total. The van der Waals surface area contributed by atoms with Gasteiger partial charge in [-0.15, -0.1) is 0 Å². The molecule has 0 aliphatic rings. The van der Waals surface area contributed by atoms with Crippen molar-refractivity contribution < 1.29 is 9.90 Å². The van der Waals surface area contributed by atoms with E-state index < -0.39 is 5.97 Å². The van der Waals surface area contributed by atoms with Crippen LogP contribution in [0.5, 0.6) is 0 Å². The van der Waals surface area contributed by atoms with Gasteiger partial charge in [0.05, 0.1) is 6.42 Å². The molecule has 14 heavy (non-hydrogen) atoms. The van der Waals surface area contributed by atoms with E-state index >= 15 is 0 Å². The minimum absolute atomic E-state index is 0.0162. The molecule has 0 saturated carbocycles. The van der Waals surface area contributed by atoms with E-state index in [1.54, 1.807) is 6.92 Å². The van der Waals surface area contributed by atoms with Crippen molar-refractivity contribution in [2.75, 3.05) is 11.9 Å². The second-order valence-corrected chi connectivity index (χ2v) is 2.81. The molecule has 0 bridgehead atoms. The highest BCUT2D eigenvalue weighted by Gasteiger charge is 1.99. The summed E-state index contributed by atoms with van der Waals surface area (Å²) in [5, 5.41) is 11.1. The summed E-state index contributed by atoms with van der Waals surface area (Å²) < 4.78 is 0. The second-order valence-electron chi connectivity index (χ2n) is 2.81. The molecule has 6 nitrogen and oxygen atoms in total. The summed E-state index contributed by atoms with van der Waals surface area (Å²) in [6.45, 7) is 1.93. The molecule has 1 aromatic rings. The molecule has 0 unspecified atom stereocenters. The van der Waals surface area contributed by atoms with E-state index in [1.807, 2.05) is 0 Å². The Balaban J connectivity index is 2.59. The maximum atomic E-state index is 11.0. The third-order valence-electron chi connectivity index (χ3n) is 1.50. The Kier molecular flexibility index (Phi) is 3.22. The number of nitrogens with one attached hydrogen (secondary N) is 2. The second kappa shape index (κ2) is 4.40. The van der Waals surface area contributed by atoms with Gasteiger partial charge in [0.15, 0.2) is 0 Å². The molecule has 0 atom stereocenters. The number of hydrogen-bond donors (Lipinski definition) is 3. The zero-order chi connectivity index (χ0) is 10.6. The van der Waals surface area contributed by atoms with E-state index in [0.717, 1.165) is 0 Å². The first kappa shape index (κ1) is 10.2. The van der Waals surface area contributed by atoms with Gasteiger partial charge in [0.1, 0.15) is 0 Å². The third kappa shape index (κ3) is 3.26. The number of aromatic nitrogens is 2. The molecule has 1 heterocycles. The van der Waals surface area contributed by atoms with Crippen LogP contribution in [-0.4, -0.2) is 27.6 Å². The molecule has 0 aliphatic heterocycles. The summed E-state index contributed by atoms with van der Waals surface area (Å²) in [7, 11) is 0. The number of hydrogen-bond acceptors (Lipinski definition) is 4. The van der Waals surface area contributed by atoms with E-state index in [4.69, 9.17) is 5.11 Å². The molecular formula is C8H11N3O3. The van der Waals surface area contributed by atoms with Crippen molar-refractivity contribution in [1.29, 1.82) is 0 Å². The number of carboxylic acid groups (broad SMARTS) is 1. The Hall–Kier alpha value is -1.85. The standard InChI is InChI=1S/C8H11N3O3/c1-5-4-6(12)11-8(10-5)9-3-2-7(13)14/h4H,2-3H2,1H3,(H,13,14)(H2,9,10,11,12). The number of H-pyrrole nitrogens is 1. The fourth-order valence-corrected chi connectivity index (χ4v) is 0.951. The largest absolute Gasteiger partial charge is 0.481 e. The van der Waals surface area contributed by atoms with Crippen LogP contribution in [0, 0.1) is 6.92 Å². The molecular weight excluding hydrogens is 186 g/mol. The lowest BCUT2D eigenvalue weighted by Gasteiger charge is -2.03. The van der Waals surface area contributed by atoms with E-state index in [1.165, 1.54) is 6.07 Å². The molecule has 0 aromatic carbocycles. The topological polar surface area (TPSA) is 95.1 Å². The minimum atomic E-state index is -0.896. The number of aromatic amines is 1. The van der Waals surface area contributed by atoms with Crippen LogP contribution in [0.3, 0.4) is 0 Å². The van der Waals surface area contributed by atoms with Gasteiger partial charge in [-0.05, 0) is 6.92 Å². The fraction of sp³-hybridized carbons (Fsp3) is 0.375. The van der Waals surface area contributed by atoms with Gasteiger partial charge in [-0.25, -0.2) is 4.98 Å². The molecule has 1 rings (SSSR count). The maximum Gasteiger partial charge on any atom is 0.305 e.